The standard InChI is InChI=1S/C31H45N7O6/c1-18(2)7-5-8-21-15-27(40)36-25(13-19-16-35-23-10-4-3-9-22(19)23)29(42)38-17-20(39)14-26(38)28(41)37-24(30(43)44-21)11-6-12-34-31(32)33/h3-4,9-10,16,18,20-21,24-26,35,39H,5-8,11-15,17H2,1-2H3,(H,36,40)(H,37,41)(H4,32,33,34)/t20-,21?,24+,25-,26+/m1/s1. The lowest BCUT2D eigenvalue weighted by atomic mass is 10.0. The van der Waals surface area contributed by atoms with Crippen LogP contribution in [-0.2, 0) is 30.3 Å². The van der Waals surface area contributed by atoms with Crippen LogP contribution in [0.2, 0.25) is 0 Å². The van der Waals surface area contributed by atoms with Gasteiger partial charge in [-0.05, 0) is 43.2 Å². The van der Waals surface area contributed by atoms with Gasteiger partial charge in [0.25, 0.3) is 0 Å². The molecule has 1 aromatic carbocycles. The van der Waals surface area contributed by atoms with E-state index in [1.54, 1.807) is 6.20 Å². The molecule has 0 radical (unpaired) electrons. The molecule has 44 heavy (non-hydrogen) atoms. The van der Waals surface area contributed by atoms with Crippen molar-refractivity contribution >= 4 is 40.6 Å². The fraction of sp³-hybridized carbons (Fsp3) is 0.581. The van der Waals surface area contributed by atoms with Crippen molar-refractivity contribution < 1.29 is 29.0 Å². The van der Waals surface area contributed by atoms with Crippen molar-refractivity contribution in [1.29, 1.82) is 0 Å². The maximum absolute atomic E-state index is 14.1. The predicted molar refractivity (Wildman–Crippen MR) is 165 cm³/mol. The highest BCUT2D eigenvalue weighted by Gasteiger charge is 2.43. The van der Waals surface area contributed by atoms with Crippen LogP contribution >= 0.6 is 0 Å². The number of benzene rings is 1. The van der Waals surface area contributed by atoms with E-state index >= 15 is 0 Å². The van der Waals surface area contributed by atoms with E-state index in [2.05, 4.69) is 34.5 Å². The van der Waals surface area contributed by atoms with Crippen LogP contribution in [0.25, 0.3) is 10.9 Å². The van der Waals surface area contributed by atoms with Crippen molar-refractivity contribution in [3.63, 3.8) is 0 Å². The minimum absolute atomic E-state index is 0.00107. The molecule has 2 aliphatic rings. The van der Waals surface area contributed by atoms with Crippen LogP contribution in [0.5, 0.6) is 0 Å². The minimum atomic E-state index is -1.05. The monoisotopic (exact) mass is 611 g/mol. The summed E-state index contributed by atoms with van der Waals surface area (Å²) in [7, 11) is 0. The highest BCUT2D eigenvalue weighted by molar-refractivity contribution is 5.95. The number of amides is 3. The third-order valence-corrected chi connectivity index (χ3v) is 8.15. The minimum Gasteiger partial charge on any atom is -0.460 e. The number of aliphatic imine (C=N–C) groups is 1. The van der Waals surface area contributed by atoms with Crippen LogP contribution < -0.4 is 22.1 Å². The number of para-hydroxylation sites is 1. The molecule has 0 spiro atoms. The molecule has 4 rings (SSSR count). The number of carbonyl (C=O) groups is 4. The van der Waals surface area contributed by atoms with Gasteiger partial charge in [0.05, 0.1) is 12.5 Å². The van der Waals surface area contributed by atoms with Gasteiger partial charge in [-0.2, -0.15) is 0 Å². The number of hydrogen-bond donors (Lipinski definition) is 6. The summed E-state index contributed by atoms with van der Waals surface area (Å²) in [6.45, 7) is 4.35. The second kappa shape index (κ2) is 15.0. The summed E-state index contributed by atoms with van der Waals surface area (Å²) >= 11 is 0. The summed E-state index contributed by atoms with van der Waals surface area (Å²) in [5.41, 5.74) is 12.6. The zero-order valence-corrected chi connectivity index (χ0v) is 25.5. The number of nitrogens with one attached hydrogen (secondary N) is 3. The molecule has 2 aliphatic heterocycles. The number of aromatic amines is 1. The molecule has 0 aliphatic carbocycles. The number of rotatable bonds is 10. The lowest BCUT2D eigenvalue weighted by Gasteiger charge is -2.29. The van der Waals surface area contributed by atoms with Crippen molar-refractivity contribution in [1.82, 2.24) is 20.5 Å². The van der Waals surface area contributed by atoms with Crippen LogP contribution in [-0.4, -0.2) is 88.1 Å². The van der Waals surface area contributed by atoms with Gasteiger partial charge in [0, 0.05) is 43.0 Å². The Morgan fingerprint density at radius 2 is 1.86 bits per heavy atom. The molecule has 0 bridgehead atoms. The van der Waals surface area contributed by atoms with Crippen LogP contribution in [0, 0.1) is 5.92 Å². The highest BCUT2D eigenvalue weighted by Crippen LogP contribution is 2.24. The van der Waals surface area contributed by atoms with Gasteiger partial charge in [-0.3, -0.25) is 19.4 Å². The van der Waals surface area contributed by atoms with Crippen molar-refractivity contribution in [3.05, 3.63) is 36.0 Å². The molecule has 8 N–H and O–H groups in total. The Labute approximate surface area is 257 Å². The van der Waals surface area contributed by atoms with Crippen molar-refractivity contribution in [3.8, 4) is 0 Å². The maximum atomic E-state index is 14.1. The second-order valence-corrected chi connectivity index (χ2v) is 12.2. The van der Waals surface area contributed by atoms with E-state index in [9.17, 15) is 24.3 Å². The Hall–Kier alpha value is -4.13. The van der Waals surface area contributed by atoms with E-state index in [0.29, 0.717) is 18.8 Å². The highest BCUT2D eigenvalue weighted by atomic mass is 16.5. The maximum Gasteiger partial charge on any atom is 0.328 e. The van der Waals surface area contributed by atoms with Gasteiger partial charge < -0.3 is 41.8 Å². The van der Waals surface area contributed by atoms with Crippen LogP contribution in [0.1, 0.15) is 64.4 Å². The molecule has 0 saturated carbocycles. The summed E-state index contributed by atoms with van der Waals surface area (Å²) in [4.78, 5) is 63.0. The Balaban J connectivity index is 1.64. The van der Waals surface area contributed by atoms with E-state index in [1.807, 2.05) is 24.3 Å². The van der Waals surface area contributed by atoms with Gasteiger partial charge in [-0.15, -0.1) is 0 Å². The number of fused-ring (bicyclic) bond motifs is 2. The van der Waals surface area contributed by atoms with E-state index < -0.39 is 54.0 Å². The number of ether oxygens (including phenoxy) is 1. The smallest absolute Gasteiger partial charge is 0.328 e. The summed E-state index contributed by atoms with van der Waals surface area (Å²) in [6.07, 6.45) is 2.77. The third kappa shape index (κ3) is 8.71. The summed E-state index contributed by atoms with van der Waals surface area (Å²) in [6, 6.07) is 4.56. The number of aromatic nitrogens is 1. The first kappa shape index (κ1) is 32.8. The molecule has 1 unspecified atom stereocenters. The predicted octanol–water partition coefficient (Wildman–Crippen LogP) is 0.837. The number of aliphatic hydroxyl groups is 1. The van der Waals surface area contributed by atoms with Crippen LogP contribution in [0.15, 0.2) is 35.5 Å². The quantitative estimate of drug-likeness (QED) is 0.0980. The second-order valence-electron chi connectivity index (χ2n) is 12.2. The average Bonchev–Trinajstić information content (AvgIpc) is 3.56. The fourth-order valence-corrected chi connectivity index (χ4v) is 5.91. The molecule has 1 aromatic heterocycles. The zero-order valence-electron chi connectivity index (χ0n) is 25.5. The molecule has 2 fully saturated rings. The number of cyclic esters (lactones) is 1. The van der Waals surface area contributed by atoms with E-state index in [-0.39, 0.29) is 44.7 Å². The normalized spacial score (nSPS) is 25.0. The first-order valence-corrected chi connectivity index (χ1v) is 15.4. The van der Waals surface area contributed by atoms with Crippen LogP contribution in [0.3, 0.4) is 0 Å². The van der Waals surface area contributed by atoms with Crippen molar-refractivity contribution in [2.24, 2.45) is 22.4 Å². The van der Waals surface area contributed by atoms with E-state index in [1.165, 1.54) is 4.90 Å². The molecular formula is C31H45N7O6. The fourth-order valence-electron chi connectivity index (χ4n) is 5.91. The van der Waals surface area contributed by atoms with Gasteiger partial charge in [0.1, 0.15) is 24.2 Å². The number of nitrogens with two attached hydrogens (primary N) is 2. The largest absolute Gasteiger partial charge is 0.460 e. The Morgan fingerprint density at radius 1 is 1.09 bits per heavy atom. The average molecular weight is 612 g/mol. The van der Waals surface area contributed by atoms with Gasteiger partial charge in [-0.1, -0.05) is 38.5 Å². The lowest BCUT2D eigenvalue weighted by molar-refractivity contribution is -0.155. The van der Waals surface area contributed by atoms with Gasteiger partial charge in [-0.25, -0.2) is 4.79 Å². The van der Waals surface area contributed by atoms with Gasteiger partial charge in [0.15, 0.2) is 5.96 Å². The van der Waals surface area contributed by atoms with E-state index in [4.69, 9.17) is 16.2 Å². The molecule has 13 nitrogen and oxygen atoms in total. The van der Waals surface area contributed by atoms with E-state index in [0.717, 1.165) is 29.3 Å². The molecule has 3 heterocycles. The first-order chi connectivity index (χ1) is 21.0. The Bertz CT molecular complexity index is 1350. The number of carbonyl (C=O) groups excluding carboxylic acids is 4. The topological polar surface area (TPSA) is 205 Å². The Morgan fingerprint density at radius 3 is 2.61 bits per heavy atom. The SMILES string of the molecule is CC(C)CCCC1CC(=O)N[C@H](Cc2c[nH]c3ccccc23)C(=O)N2C[C@H](O)C[C@H]2C(=O)N[C@@H](CCCN=C(N)N)C(=O)O1. The van der Waals surface area contributed by atoms with Crippen molar-refractivity contribution in [2.45, 2.75) is 95.5 Å². The first-order valence-electron chi connectivity index (χ1n) is 15.4. The molecule has 5 atom stereocenters. The molecule has 2 saturated heterocycles. The molecular weight excluding hydrogens is 566 g/mol. The number of nitrogens with zero attached hydrogens (tertiary/aromatic N) is 2. The number of hydrogen-bond acceptors (Lipinski definition) is 7. The van der Waals surface area contributed by atoms with Gasteiger partial charge in [0.2, 0.25) is 17.7 Å². The molecule has 13 heteroatoms. The summed E-state index contributed by atoms with van der Waals surface area (Å²) < 4.78 is 5.86. The number of aliphatic hydroxyl groups excluding tert-OH is 1. The lowest BCUT2D eigenvalue weighted by Crippen LogP contribution is -2.55. The number of H-pyrrole nitrogens is 1. The number of esters is 1. The van der Waals surface area contributed by atoms with Crippen LogP contribution in [0.4, 0.5) is 0 Å². The zero-order chi connectivity index (χ0) is 31.8. The van der Waals surface area contributed by atoms with Gasteiger partial charge >= 0.3 is 5.97 Å². The summed E-state index contributed by atoms with van der Waals surface area (Å²) in [5, 5.41) is 17.1. The third-order valence-electron chi connectivity index (χ3n) is 8.15. The summed E-state index contributed by atoms with van der Waals surface area (Å²) in [5.74, 6) is -1.82. The molecule has 3 amide bonds. The molecule has 240 valence electrons. The Kier molecular flexibility index (Phi) is 11.2. The number of guanidine groups is 1. The van der Waals surface area contributed by atoms with Crippen molar-refractivity contribution in [2.75, 3.05) is 13.1 Å². The molecule has 2 aromatic rings.